The number of halogens is 4. The number of alkyl halides is 3. The predicted octanol–water partition coefficient (Wildman–Crippen LogP) is 3.56. The van der Waals surface area contributed by atoms with Crippen LogP contribution in [0.3, 0.4) is 0 Å². The molecule has 0 saturated heterocycles. The van der Waals surface area contributed by atoms with E-state index < -0.39 is 17.8 Å². The fraction of sp³-hybridized carbons (Fsp3) is 0.538. The molecule has 0 bridgehead atoms. The Bertz CT molecular complexity index is 438. The van der Waals surface area contributed by atoms with Crippen molar-refractivity contribution in [3.8, 4) is 0 Å². The van der Waals surface area contributed by atoms with Crippen LogP contribution in [0.25, 0.3) is 0 Å². The Balaban J connectivity index is 2.72. The van der Waals surface area contributed by atoms with Gasteiger partial charge < -0.3 is 15.2 Å². The van der Waals surface area contributed by atoms with E-state index in [1.165, 1.54) is 12.1 Å². The van der Waals surface area contributed by atoms with Crippen molar-refractivity contribution >= 4 is 17.3 Å². The van der Waals surface area contributed by atoms with Crippen LogP contribution in [0.15, 0.2) is 18.2 Å². The second-order valence-corrected chi connectivity index (χ2v) is 4.98. The van der Waals surface area contributed by atoms with Crippen LogP contribution in [0.1, 0.15) is 19.4 Å². The van der Waals surface area contributed by atoms with E-state index >= 15 is 0 Å². The summed E-state index contributed by atoms with van der Waals surface area (Å²) >= 11 is 5.77. The van der Waals surface area contributed by atoms with Gasteiger partial charge in [-0.05, 0) is 26.0 Å². The first kappa shape index (κ1) is 17.1. The molecule has 0 aliphatic carbocycles. The van der Waals surface area contributed by atoms with E-state index in [2.05, 4.69) is 5.32 Å². The second kappa shape index (κ2) is 7.15. The van der Waals surface area contributed by atoms with Gasteiger partial charge in [-0.1, -0.05) is 17.7 Å². The van der Waals surface area contributed by atoms with Crippen molar-refractivity contribution in [2.45, 2.75) is 32.2 Å². The van der Waals surface area contributed by atoms with Crippen molar-refractivity contribution in [3.05, 3.63) is 28.8 Å². The molecule has 7 heteroatoms. The number of anilines is 1. The van der Waals surface area contributed by atoms with Gasteiger partial charge in [0.05, 0.1) is 35.1 Å². The molecular weight excluding hydrogens is 295 g/mol. The molecule has 0 radical (unpaired) electrons. The molecule has 0 heterocycles. The van der Waals surface area contributed by atoms with Gasteiger partial charge in [-0.15, -0.1) is 0 Å². The topological polar surface area (TPSA) is 41.5 Å². The largest absolute Gasteiger partial charge is 0.418 e. The molecule has 0 saturated carbocycles. The lowest BCUT2D eigenvalue weighted by Gasteiger charge is -2.18. The van der Waals surface area contributed by atoms with Crippen molar-refractivity contribution in [1.82, 2.24) is 0 Å². The first-order chi connectivity index (χ1) is 9.21. The Morgan fingerprint density at radius 3 is 2.55 bits per heavy atom. The third-order valence-corrected chi connectivity index (χ3v) is 2.77. The van der Waals surface area contributed by atoms with Crippen molar-refractivity contribution in [2.75, 3.05) is 18.5 Å². The minimum atomic E-state index is -4.51. The summed E-state index contributed by atoms with van der Waals surface area (Å²) in [5.41, 5.74) is -1.09. The molecule has 2 N–H and O–H groups in total. The smallest absolute Gasteiger partial charge is 0.389 e. The first-order valence-electron chi connectivity index (χ1n) is 6.11. The predicted molar refractivity (Wildman–Crippen MR) is 72.0 cm³/mol. The molecule has 1 rings (SSSR count). The summed E-state index contributed by atoms with van der Waals surface area (Å²) in [4.78, 5) is 0. The number of nitrogens with one attached hydrogen (secondary N) is 1. The number of hydrogen-bond donors (Lipinski definition) is 2. The molecule has 0 amide bonds. The second-order valence-electron chi connectivity index (χ2n) is 4.58. The van der Waals surface area contributed by atoms with Crippen molar-refractivity contribution in [1.29, 1.82) is 0 Å². The van der Waals surface area contributed by atoms with Gasteiger partial charge in [0.2, 0.25) is 0 Å². The fourth-order valence-corrected chi connectivity index (χ4v) is 1.76. The van der Waals surface area contributed by atoms with Crippen LogP contribution in [-0.4, -0.2) is 30.5 Å². The van der Waals surface area contributed by atoms with Gasteiger partial charge in [0.1, 0.15) is 0 Å². The van der Waals surface area contributed by atoms with E-state index in [0.29, 0.717) is 0 Å². The summed E-state index contributed by atoms with van der Waals surface area (Å²) in [5.74, 6) is 0. The molecule has 0 aliphatic rings. The maximum Gasteiger partial charge on any atom is 0.418 e. The number of rotatable bonds is 6. The summed E-state index contributed by atoms with van der Waals surface area (Å²) in [6, 6.07) is 3.52. The van der Waals surface area contributed by atoms with Gasteiger partial charge in [0.15, 0.2) is 0 Å². The van der Waals surface area contributed by atoms with Gasteiger partial charge in [-0.25, -0.2) is 0 Å². The molecule has 114 valence electrons. The molecule has 0 fully saturated rings. The van der Waals surface area contributed by atoms with Crippen LogP contribution in [-0.2, 0) is 10.9 Å². The lowest BCUT2D eigenvalue weighted by Crippen LogP contribution is -2.27. The molecule has 1 aromatic carbocycles. The average Bonchev–Trinajstić information content (AvgIpc) is 2.33. The van der Waals surface area contributed by atoms with Gasteiger partial charge in [-0.2, -0.15) is 13.2 Å². The third kappa shape index (κ3) is 5.19. The van der Waals surface area contributed by atoms with E-state index in [4.69, 9.17) is 16.3 Å². The SMILES string of the molecule is CC(C)OCC(O)CNc1c(Cl)cccc1C(F)(F)F. The lowest BCUT2D eigenvalue weighted by molar-refractivity contribution is -0.137. The summed E-state index contributed by atoms with van der Waals surface area (Å²) in [7, 11) is 0. The van der Waals surface area contributed by atoms with Crippen LogP contribution < -0.4 is 5.32 Å². The Hall–Kier alpha value is -0.980. The van der Waals surface area contributed by atoms with Crippen LogP contribution >= 0.6 is 11.6 Å². The Morgan fingerprint density at radius 2 is 2.00 bits per heavy atom. The van der Waals surface area contributed by atoms with E-state index in [0.717, 1.165) is 6.07 Å². The minimum Gasteiger partial charge on any atom is -0.389 e. The van der Waals surface area contributed by atoms with Gasteiger partial charge in [0.25, 0.3) is 0 Å². The van der Waals surface area contributed by atoms with Crippen molar-refractivity contribution < 1.29 is 23.0 Å². The number of ether oxygens (including phenoxy) is 1. The number of hydrogen-bond acceptors (Lipinski definition) is 3. The van der Waals surface area contributed by atoms with E-state index in [1.807, 2.05) is 0 Å². The summed E-state index contributed by atoms with van der Waals surface area (Å²) in [6.07, 6.45) is -5.49. The van der Waals surface area contributed by atoms with Crippen molar-refractivity contribution in [3.63, 3.8) is 0 Å². The maximum absolute atomic E-state index is 12.8. The average molecular weight is 312 g/mol. The Labute approximate surface area is 120 Å². The highest BCUT2D eigenvalue weighted by molar-refractivity contribution is 6.33. The molecule has 0 spiro atoms. The molecule has 1 unspecified atom stereocenters. The molecule has 1 aromatic rings. The van der Waals surface area contributed by atoms with Gasteiger partial charge >= 0.3 is 6.18 Å². The van der Waals surface area contributed by atoms with Gasteiger partial charge in [0, 0.05) is 6.54 Å². The monoisotopic (exact) mass is 311 g/mol. The minimum absolute atomic E-state index is 0.0382. The molecule has 3 nitrogen and oxygen atoms in total. The summed E-state index contributed by atoms with van der Waals surface area (Å²) in [5, 5.41) is 12.1. The van der Waals surface area contributed by atoms with E-state index in [9.17, 15) is 18.3 Å². The highest BCUT2D eigenvalue weighted by Crippen LogP contribution is 2.38. The third-order valence-electron chi connectivity index (χ3n) is 2.46. The fourth-order valence-electron chi connectivity index (χ4n) is 1.52. The number of benzene rings is 1. The standard InChI is InChI=1S/C13H17ClF3NO2/c1-8(2)20-7-9(19)6-18-12-10(13(15,16)17)4-3-5-11(12)14/h3-5,8-9,18-19H,6-7H2,1-2H3. The number of aliphatic hydroxyl groups excluding tert-OH is 1. The van der Waals surface area contributed by atoms with Crippen LogP contribution in [0.5, 0.6) is 0 Å². The normalized spacial score (nSPS) is 13.6. The van der Waals surface area contributed by atoms with Crippen LogP contribution in [0.4, 0.5) is 18.9 Å². The zero-order valence-corrected chi connectivity index (χ0v) is 11.9. The summed E-state index contributed by atoms with van der Waals surface area (Å²) < 4.78 is 43.6. The maximum atomic E-state index is 12.8. The van der Waals surface area contributed by atoms with Crippen molar-refractivity contribution in [2.24, 2.45) is 0 Å². The quantitative estimate of drug-likeness (QED) is 0.844. The first-order valence-corrected chi connectivity index (χ1v) is 6.49. The lowest BCUT2D eigenvalue weighted by atomic mass is 10.1. The molecular formula is C13H17ClF3NO2. The zero-order valence-electron chi connectivity index (χ0n) is 11.2. The molecule has 0 aliphatic heterocycles. The molecule has 1 atom stereocenters. The zero-order chi connectivity index (χ0) is 15.3. The van der Waals surface area contributed by atoms with E-state index in [-0.39, 0.29) is 30.0 Å². The highest BCUT2D eigenvalue weighted by atomic mass is 35.5. The highest BCUT2D eigenvalue weighted by Gasteiger charge is 2.34. The van der Waals surface area contributed by atoms with Crippen LogP contribution in [0.2, 0.25) is 5.02 Å². The Kier molecular flexibility index (Phi) is 6.10. The molecule has 20 heavy (non-hydrogen) atoms. The number of aliphatic hydroxyl groups is 1. The molecule has 0 aromatic heterocycles. The van der Waals surface area contributed by atoms with Crippen LogP contribution in [0, 0.1) is 0 Å². The van der Waals surface area contributed by atoms with Gasteiger partial charge in [-0.3, -0.25) is 0 Å². The Morgan fingerprint density at radius 1 is 1.35 bits per heavy atom. The van der Waals surface area contributed by atoms with E-state index in [1.54, 1.807) is 13.8 Å². The number of para-hydroxylation sites is 1. The summed E-state index contributed by atoms with van der Waals surface area (Å²) in [6.45, 7) is 3.56.